The maximum atomic E-state index is 12.4. The summed E-state index contributed by atoms with van der Waals surface area (Å²) in [7, 11) is 0. The van der Waals surface area contributed by atoms with Crippen molar-refractivity contribution in [1.82, 2.24) is 10.2 Å². The van der Waals surface area contributed by atoms with Gasteiger partial charge >= 0.3 is 0 Å². The molecule has 6 nitrogen and oxygen atoms in total. The lowest BCUT2D eigenvalue weighted by atomic mass is 10.1. The molecule has 1 aromatic carbocycles. The Hall–Kier alpha value is -2.50. The van der Waals surface area contributed by atoms with Crippen LogP contribution in [0.15, 0.2) is 24.3 Å². The van der Waals surface area contributed by atoms with Gasteiger partial charge in [0.25, 0.3) is 11.8 Å². The van der Waals surface area contributed by atoms with Crippen LogP contribution >= 0.6 is 0 Å². The second-order valence-corrected chi connectivity index (χ2v) is 4.81. The van der Waals surface area contributed by atoms with Gasteiger partial charge in [-0.3, -0.25) is 29.4 Å². The summed E-state index contributed by atoms with van der Waals surface area (Å²) in [6, 6.07) is 5.50. The van der Waals surface area contributed by atoms with Crippen molar-refractivity contribution in [3.63, 3.8) is 0 Å². The molecule has 1 heterocycles. The maximum Gasteiger partial charge on any atom is 0.262 e. The highest BCUT2D eigenvalue weighted by molar-refractivity contribution is 6.23. The minimum atomic E-state index is -0.956. The Morgan fingerprint density at radius 2 is 1.81 bits per heavy atom. The van der Waals surface area contributed by atoms with E-state index in [4.69, 9.17) is 0 Å². The summed E-state index contributed by atoms with van der Waals surface area (Å²) in [5, 5.41) is 2.03. The van der Waals surface area contributed by atoms with Crippen LogP contribution in [0.3, 0.4) is 0 Å². The fourth-order valence-electron chi connectivity index (χ4n) is 2.42. The van der Waals surface area contributed by atoms with Crippen LogP contribution in [0.4, 0.5) is 0 Å². The average molecular weight is 288 g/mol. The molecule has 1 N–H and O–H groups in total. The van der Waals surface area contributed by atoms with Gasteiger partial charge in [0.2, 0.25) is 12.3 Å². The van der Waals surface area contributed by atoms with E-state index in [1.807, 2.05) is 12.2 Å². The van der Waals surface area contributed by atoms with E-state index in [-0.39, 0.29) is 6.41 Å². The third kappa shape index (κ3) is 2.69. The molecule has 0 fully saturated rings. The summed E-state index contributed by atoms with van der Waals surface area (Å²) in [4.78, 5) is 48.1. The highest BCUT2D eigenvalue weighted by atomic mass is 16.2. The first-order chi connectivity index (χ1) is 10.1. The molecule has 21 heavy (non-hydrogen) atoms. The molecule has 4 amide bonds. The van der Waals surface area contributed by atoms with Crippen LogP contribution in [0, 0.1) is 0 Å². The van der Waals surface area contributed by atoms with Crippen LogP contribution in [0.5, 0.6) is 0 Å². The van der Waals surface area contributed by atoms with Gasteiger partial charge in [-0.2, -0.15) is 0 Å². The highest BCUT2D eigenvalue weighted by Crippen LogP contribution is 2.26. The predicted molar refractivity (Wildman–Crippen MR) is 74.5 cm³/mol. The van der Waals surface area contributed by atoms with E-state index in [0.717, 1.165) is 11.3 Å². The molecule has 0 bridgehead atoms. The molecule has 1 aliphatic rings. The molecule has 2 rings (SSSR count). The van der Waals surface area contributed by atoms with Gasteiger partial charge in [0, 0.05) is 0 Å². The second-order valence-electron chi connectivity index (χ2n) is 4.81. The molecule has 0 aliphatic carbocycles. The molecular formula is C15H16N2O4. The summed E-state index contributed by atoms with van der Waals surface area (Å²) in [6.07, 6.45) is 2.08. The molecule has 0 spiro atoms. The number of hydrogen-bond acceptors (Lipinski definition) is 4. The average Bonchev–Trinajstić information content (AvgIpc) is 2.73. The lowest BCUT2D eigenvalue weighted by Crippen LogP contribution is -2.49. The van der Waals surface area contributed by atoms with Crippen LogP contribution in [0.1, 0.15) is 46.9 Å². The van der Waals surface area contributed by atoms with Crippen molar-refractivity contribution < 1.29 is 19.2 Å². The number of nitrogens with zero attached hydrogens (tertiary/aromatic N) is 1. The number of carbonyl (C=O) groups excluding carboxylic acids is 4. The lowest BCUT2D eigenvalue weighted by Gasteiger charge is -2.24. The molecule has 0 radical (unpaired) electrons. The van der Waals surface area contributed by atoms with Gasteiger partial charge in [-0.1, -0.05) is 31.9 Å². The van der Waals surface area contributed by atoms with Crippen LogP contribution in [0.2, 0.25) is 0 Å². The minimum Gasteiger partial charge on any atom is -0.297 e. The van der Waals surface area contributed by atoms with Crippen molar-refractivity contribution >= 4 is 24.1 Å². The largest absolute Gasteiger partial charge is 0.297 e. The Morgan fingerprint density at radius 3 is 2.29 bits per heavy atom. The molecule has 1 aliphatic heterocycles. The van der Waals surface area contributed by atoms with Gasteiger partial charge in [0.15, 0.2) is 0 Å². The SMILES string of the molecule is CCCCC(C(=O)NC=O)N1C(=O)c2ccccc2C1=O. The molecule has 1 unspecified atom stereocenters. The van der Waals surface area contributed by atoms with E-state index in [2.05, 4.69) is 0 Å². The highest BCUT2D eigenvalue weighted by Gasteiger charge is 2.42. The van der Waals surface area contributed by atoms with Gasteiger partial charge in [0.1, 0.15) is 6.04 Å². The topological polar surface area (TPSA) is 83.6 Å². The van der Waals surface area contributed by atoms with Crippen LogP contribution in [-0.4, -0.2) is 35.1 Å². The summed E-state index contributed by atoms with van der Waals surface area (Å²) >= 11 is 0. The first-order valence-electron chi connectivity index (χ1n) is 6.82. The zero-order valence-corrected chi connectivity index (χ0v) is 11.7. The quantitative estimate of drug-likeness (QED) is 0.628. The molecule has 110 valence electrons. The van der Waals surface area contributed by atoms with E-state index in [1.165, 1.54) is 0 Å². The van der Waals surface area contributed by atoms with E-state index in [0.29, 0.717) is 24.0 Å². The van der Waals surface area contributed by atoms with E-state index < -0.39 is 23.8 Å². The van der Waals surface area contributed by atoms with Crippen molar-refractivity contribution in [2.45, 2.75) is 32.2 Å². The van der Waals surface area contributed by atoms with E-state index in [1.54, 1.807) is 24.3 Å². The number of nitrogens with one attached hydrogen (secondary N) is 1. The Morgan fingerprint density at radius 1 is 1.24 bits per heavy atom. The van der Waals surface area contributed by atoms with Crippen molar-refractivity contribution in [3.05, 3.63) is 35.4 Å². The van der Waals surface area contributed by atoms with Gasteiger partial charge in [0.05, 0.1) is 11.1 Å². The summed E-state index contributed by atoms with van der Waals surface area (Å²) in [5.41, 5.74) is 0.589. The molecular weight excluding hydrogens is 272 g/mol. The Labute approximate surface area is 122 Å². The predicted octanol–water partition coefficient (Wildman–Crippen LogP) is 1.11. The van der Waals surface area contributed by atoms with Crippen molar-refractivity contribution in [2.24, 2.45) is 0 Å². The van der Waals surface area contributed by atoms with Gasteiger partial charge in [-0.05, 0) is 18.6 Å². The Balaban J connectivity index is 2.33. The monoisotopic (exact) mass is 288 g/mol. The molecule has 1 atom stereocenters. The standard InChI is InChI=1S/C15H16N2O4/c1-2-3-8-12(13(19)16-9-18)17-14(20)10-6-4-5-7-11(10)15(17)21/h4-7,9,12H,2-3,8H2,1H3,(H,16,18,19). The normalized spacial score (nSPS) is 14.8. The van der Waals surface area contributed by atoms with Gasteiger partial charge in [-0.25, -0.2) is 0 Å². The van der Waals surface area contributed by atoms with Crippen LogP contribution < -0.4 is 5.32 Å². The number of amides is 4. The zero-order valence-electron chi connectivity index (χ0n) is 11.7. The zero-order chi connectivity index (χ0) is 15.4. The molecule has 0 aromatic heterocycles. The minimum absolute atomic E-state index is 0.263. The van der Waals surface area contributed by atoms with Crippen molar-refractivity contribution in [2.75, 3.05) is 0 Å². The number of carbonyl (C=O) groups is 4. The number of imide groups is 2. The smallest absolute Gasteiger partial charge is 0.262 e. The van der Waals surface area contributed by atoms with Gasteiger partial charge in [-0.15, -0.1) is 0 Å². The molecule has 0 saturated carbocycles. The van der Waals surface area contributed by atoms with Crippen molar-refractivity contribution in [1.29, 1.82) is 0 Å². The first kappa shape index (κ1) is 14.9. The fraction of sp³-hybridized carbons (Fsp3) is 0.333. The number of benzene rings is 1. The maximum absolute atomic E-state index is 12.4. The lowest BCUT2D eigenvalue weighted by molar-refractivity contribution is -0.128. The third-order valence-electron chi connectivity index (χ3n) is 3.47. The number of hydrogen-bond donors (Lipinski definition) is 1. The number of unbranched alkanes of at least 4 members (excludes halogenated alkanes) is 1. The van der Waals surface area contributed by atoms with Gasteiger partial charge < -0.3 is 0 Å². The molecule has 6 heteroatoms. The van der Waals surface area contributed by atoms with E-state index >= 15 is 0 Å². The van der Waals surface area contributed by atoms with Crippen LogP contribution in [-0.2, 0) is 9.59 Å². The summed E-state index contributed by atoms with van der Waals surface area (Å²) in [6.45, 7) is 1.94. The van der Waals surface area contributed by atoms with Crippen molar-refractivity contribution in [3.8, 4) is 0 Å². The summed E-state index contributed by atoms with van der Waals surface area (Å²) in [5.74, 6) is -1.61. The number of rotatable bonds is 6. The van der Waals surface area contributed by atoms with E-state index in [9.17, 15) is 19.2 Å². The molecule has 0 saturated heterocycles. The Bertz CT molecular complexity index is 562. The second kappa shape index (κ2) is 6.30. The fourth-order valence-corrected chi connectivity index (χ4v) is 2.42. The number of fused-ring (bicyclic) bond motifs is 1. The van der Waals surface area contributed by atoms with Crippen LogP contribution in [0.25, 0.3) is 0 Å². The first-order valence-corrected chi connectivity index (χ1v) is 6.82. The molecule has 1 aromatic rings. The summed E-state index contributed by atoms with van der Waals surface area (Å²) < 4.78 is 0. The Kier molecular flexibility index (Phi) is 4.47. The third-order valence-corrected chi connectivity index (χ3v) is 3.47.